The fourth-order valence-electron chi connectivity index (χ4n) is 4.23. The number of benzene rings is 2. The van der Waals surface area contributed by atoms with Crippen molar-refractivity contribution >= 4 is 38.5 Å². The molecule has 7 nitrogen and oxygen atoms in total. The average Bonchev–Trinajstić information content (AvgIpc) is 3.34. The number of hydrogen-bond donors (Lipinski definition) is 1. The van der Waals surface area contributed by atoms with Crippen molar-refractivity contribution in [2.45, 2.75) is 43.7 Å². The number of halogens is 2. The summed E-state index contributed by atoms with van der Waals surface area (Å²) in [5.41, 5.74) is 1.21. The lowest BCUT2D eigenvalue weighted by Gasteiger charge is -2.17. The fourth-order valence-corrected chi connectivity index (χ4v) is 5.88. The zero-order valence-electron chi connectivity index (χ0n) is 18.2. The number of fused-ring (bicyclic) bond motifs is 1. The minimum Gasteiger partial charge on any atom is -0.491 e. The Balaban J connectivity index is 1.62. The SMILES string of the molecule is CC(C)Oc1ccc(S(=O)(=O)N2CCC(c3cn(CC(=O)O)c4cc(Cl)c(F)cc34)C2)cc1. The molecule has 1 fully saturated rings. The second kappa shape index (κ2) is 8.96. The summed E-state index contributed by atoms with van der Waals surface area (Å²) < 4.78 is 49.1. The van der Waals surface area contributed by atoms with Gasteiger partial charge in [0.1, 0.15) is 18.1 Å². The second-order valence-electron chi connectivity index (χ2n) is 8.38. The molecule has 1 N–H and O–H groups in total. The molecule has 2 heterocycles. The normalized spacial score (nSPS) is 17.2. The maximum absolute atomic E-state index is 14.2. The summed E-state index contributed by atoms with van der Waals surface area (Å²) in [4.78, 5) is 11.5. The Kier molecular flexibility index (Phi) is 6.39. The quantitative estimate of drug-likeness (QED) is 0.523. The topological polar surface area (TPSA) is 88.8 Å². The number of carboxylic acids is 1. The van der Waals surface area contributed by atoms with Gasteiger partial charge in [0.25, 0.3) is 0 Å². The number of hydrogen-bond acceptors (Lipinski definition) is 4. The van der Waals surface area contributed by atoms with E-state index in [4.69, 9.17) is 16.3 Å². The van der Waals surface area contributed by atoms with Crippen LogP contribution in [0.4, 0.5) is 4.39 Å². The van der Waals surface area contributed by atoms with Crippen molar-refractivity contribution < 1.29 is 27.4 Å². The van der Waals surface area contributed by atoms with Crippen molar-refractivity contribution in [3.05, 3.63) is 59.0 Å². The molecule has 1 aliphatic rings. The minimum atomic E-state index is -3.72. The van der Waals surface area contributed by atoms with E-state index in [2.05, 4.69) is 0 Å². The molecule has 3 aromatic rings. The lowest BCUT2D eigenvalue weighted by Crippen LogP contribution is -2.28. The van der Waals surface area contributed by atoms with Crippen LogP contribution in [0.3, 0.4) is 0 Å². The van der Waals surface area contributed by atoms with Gasteiger partial charge in [-0.25, -0.2) is 12.8 Å². The van der Waals surface area contributed by atoms with E-state index < -0.39 is 21.8 Å². The zero-order valence-corrected chi connectivity index (χ0v) is 19.7. The van der Waals surface area contributed by atoms with Crippen molar-refractivity contribution in [2.24, 2.45) is 0 Å². The van der Waals surface area contributed by atoms with Crippen molar-refractivity contribution in [1.82, 2.24) is 8.87 Å². The van der Waals surface area contributed by atoms with E-state index in [1.807, 2.05) is 13.8 Å². The molecule has 1 atom stereocenters. The van der Waals surface area contributed by atoms with E-state index in [0.717, 1.165) is 0 Å². The largest absolute Gasteiger partial charge is 0.491 e. The van der Waals surface area contributed by atoms with Gasteiger partial charge in [0, 0.05) is 30.6 Å². The van der Waals surface area contributed by atoms with E-state index >= 15 is 0 Å². The number of nitrogens with zero attached hydrogens (tertiary/aromatic N) is 2. The number of rotatable bonds is 7. The Morgan fingerprint density at radius 2 is 1.97 bits per heavy atom. The maximum atomic E-state index is 14.2. The highest BCUT2D eigenvalue weighted by atomic mass is 35.5. The molecule has 1 unspecified atom stereocenters. The first-order valence-electron chi connectivity index (χ1n) is 10.5. The number of aliphatic carboxylic acids is 1. The standard InChI is InChI=1S/C23H24ClFN2O5S/c1-14(2)32-16-3-5-17(6-4-16)33(30,31)27-8-7-15(11-27)19-12-26(13-23(28)29)22-10-20(24)21(25)9-18(19)22/h3-6,9-10,12,14-15H,7-8,11,13H2,1-2H3,(H,28,29). The molecular formula is C23H24ClFN2O5S. The van der Waals surface area contributed by atoms with Gasteiger partial charge in [-0.05, 0) is 62.2 Å². The third-order valence-corrected chi connectivity index (χ3v) is 7.85. The van der Waals surface area contributed by atoms with Crippen molar-refractivity contribution in [2.75, 3.05) is 13.1 Å². The zero-order chi connectivity index (χ0) is 23.9. The molecule has 0 amide bonds. The number of carbonyl (C=O) groups is 1. The van der Waals surface area contributed by atoms with E-state index in [1.165, 1.54) is 33.1 Å². The first-order valence-corrected chi connectivity index (χ1v) is 12.3. The fraction of sp³-hybridized carbons (Fsp3) is 0.348. The Morgan fingerprint density at radius 3 is 2.61 bits per heavy atom. The highest BCUT2D eigenvalue weighted by Gasteiger charge is 2.34. The minimum absolute atomic E-state index is 0.0187. The Labute approximate surface area is 196 Å². The van der Waals surface area contributed by atoms with Crippen molar-refractivity contribution in [3.63, 3.8) is 0 Å². The molecule has 1 aromatic heterocycles. The molecule has 10 heteroatoms. The maximum Gasteiger partial charge on any atom is 0.323 e. The molecule has 4 rings (SSSR count). The van der Waals surface area contributed by atoms with Crippen LogP contribution in [0.25, 0.3) is 10.9 Å². The summed E-state index contributed by atoms with van der Waals surface area (Å²) in [5.74, 6) is -1.26. The lowest BCUT2D eigenvalue weighted by molar-refractivity contribution is -0.137. The molecule has 1 aliphatic heterocycles. The van der Waals surface area contributed by atoms with Crippen LogP contribution in [-0.2, 0) is 21.4 Å². The van der Waals surface area contributed by atoms with E-state index in [1.54, 1.807) is 18.3 Å². The predicted octanol–water partition coefficient (Wildman–Crippen LogP) is 4.48. The molecular weight excluding hydrogens is 471 g/mol. The van der Waals surface area contributed by atoms with Crippen LogP contribution in [0.1, 0.15) is 31.7 Å². The van der Waals surface area contributed by atoms with Crippen molar-refractivity contribution in [3.8, 4) is 5.75 Å². The summed E-state index contributed by atoms with van der Waals surface area (Å²) in [5, 5.41) is 9.68. The Bertz CT molecular complexity index is 1300. The van der Waals surface area contributed by atoms with Crippen LogP contribution in [0, 0.1) is 5.82 Å². The molecule has 0 bridgehead atoms. The highest BCUT2D eigenvalue weighted by molar-refractivity contribution is 7.89. The van der Waals surface area contributed by atoms with Crippen LogP contribution in [-0.4, -0.2) is 47.6 Å². The summed E-state index contributed by atoms with van der Waals surface area (Å²) in [6.07, 6.45) is 2.17. The Hall–Kier alpha value is -2.62. The molecule has 0 aliphatic carbocycles. The number of sulfonamides is 1. The number of carboxylic acid groups (broad SMARTS) is 1. The smallest absolute Gasteiger partial charge is 0.323 e. The lowest BCUT2D eigenvalue weighted by atomic mass is 9.98. The predicted molar refractivity (Wildman–Crippen MR) is 123 cm³/mol. The Morgan fingerprint density at radius 1 is 1.27 bits per heavy atom. The second-order valence-corrected chi connectivity index (χ2v) is 10.7. The third kappa shape index (κ3) is 4.71. The van der Waals surface area contributed by atoms with E-state index in [9.17, 15) is 22.7 Å². The van der Waals surface area contributed by atoms with Crippen molar-refractivity contribution in [1.29, 1.82) is 0 Å². The van der Waals surface area contributed by atoms with Gasteiger partial charge in [0.05, 0.1) is 21.5 Å². The summed E-state index contributed by atoms with van der Waals surface area (Å²) in [6.45, 7) is 3.99. The molecule has 33 heavy (non-hydrogen) atoms. The van der Waals surface area contributed by atoms with Crippen LogP contribution < -0.4 is 4.74 Å². The van der Waals surface area contributed by atoms with E-state index in [-0.39, 0.29) is 35.0 Å². The summed E-state index contributed by atoms with van der Waals surface area (Å²) in [6, 6.07) is 9.00. The van der Waals surface area contributed by atoms with Gasteiger partial charge in [0.15, 0.2) is 0 Å². The monoisotopic (exact) mass is 494 g/mol. The van der Waals surface area contributed by atoms with Crippen LogP contribution in [0.2, 0.25) is 5.02 Å². The number of ether oxygens (including phenoxy) is 1. The molecule has 2 aromatic carbocycles. The molecule has 176 valence electrons. The molecule has 1 saturated heterocycles. The van der Waals surface area contributed by atoms with Gasteiger partial charge >= 0.3 is 5.97 Å². The summed E-state index contributed by atoms with van der Waals surface area (Å²) in [7, 11) is -3.72. The van der Waals surface area contributed by atoms with Gasteiger partial charge in [-0.1, -0.05) is 11.6 Å². The average molecular weight is 495 g/mol. The van der Waals surface area contributed by atoms with Gasteiger partial charge in [0.2, 0.25) is 10.0 Å². The van der Waals surface area contributed by atoms with Crippen LogP contribution >= 0.6 is 11.6 Å². The molecule has 0 radical (unpaired) electrons. The van der Waals surface area contributed by atoms with Gasteiger partial charge in [-0.15, -0.1) is 0 Å². The third-order valence-electron chi connectivity index (χ3n) is 5.68. The van der Waals surface area contributed by atoms with Crippen LogP contribution in [0.15, 0.2) is 47.5 Å². The van der Waals surface area contributed by atoms with Gasteiger partial charge in [-0.3, -0.25) is 4.79 Å². The summed E-state index contributed by atoms with van der Waals surface area (Å²) >= 11 is 5.92. The molecule has 0 spiro atoms. The highest BCUT2D eigenvalue weighted by Crippen LogP contribution is 2.37. The first-order chi connectivity index (χ1) is 15.6. The molecule has 0 saturated carbocycles. The van der Waals surface area contributed by atoms with E-state index in [0.29, 0.717) is 35.2 Å². The number of aromatic nitrogens is 1. The van der Waals surface area contributed by atoms with Crippen LogP contribution in [0.5, 0.6) is 5.75 Å². The van der Waals surface area contributed by atoms with Gasteiger partial charge < -0.3 is 14.4 Å². The van der Waals surface area contributed by atoms with Gasteiger partial charge in [-0.2, -0.15) is 4.31 Å². The first kappa shape index (κ1) is 23.5.